The molecule has 2 aromatic rings. The summed E-state index contributed by atoms with van der Waals surface area (Å²) in [4.78, 5) is 16.0. The van der Waals surface area contributed by atoms with E-state index in [1.54, 1.807) is 11.8 Å². The van der Waals surface area contributed by atoms with E-state index < -0.39 is 17.5 Å². The van der Waals surface area contributed by atoms with Crippen LogP contribution in [-0.2, 0) is 6.54 Å². The Labute approximate surface area is 136 Å². The van der Waals surface area contributed by atoms with Crippen LogP contribution in [0, 0.1) is 11.6 Å². The Morgan fingerprint density at radius 1 is 1.43 bits per heavy atom. The Kier molecular flexibility index (Phi) is 6.12. The summed E-state index contributed by atoms with van der Waals surface area (Å²) in [5.74, 6) is -1.19. The number of hydrogen-bond donors (Lipinski definition) is 2. The van der Waals surface area contributed by atoms with Gasteiger partial charge < -0.3 is 15.5 Å². The van der Waals surface area contributed by atoms with E-state index >= 15 is 0 Å². The number of hydrogen-bond acceptors (Lipinski definition) is 5. The molecule has 0 aliphatic carbocycles. The molecule has 0 saturated carbocycles. The standard InChI is InChI=1S/C15H17F2N3O2S/c1-23-5-4-12(18)15-20-13(8-22-15)14(21)19-7-9-2-3-10(16)11(17)6-9/h2-3,6,8,12H,4-5,7,18H2,1H3,(H,19,21). The van der Waals surface area contributed by atoms with Gasteiger partial charge >= 0.3 is 0 Å². The smallest absolute Gasteiger partial charge is 0.273 e. The summed E-state index contributed by atoms with van der Waals surface area (Å²) in [6, 6.07) is 3.07. The van der Waals surface area contributed by atoms with Gasteiger partial charge in [0.1, 0.15) is 6.26 Å². The molecule has 1 heterocycles. The van der Waals surface area contributed by atoms with Gasteiger partial charge in [0.15, 0.2) is 17.3 Å². The van der Waals surface area contributed by atoms with Crippen LogP contribution in [-0.4, -0.2) is 22.9 Å². The van der Waals surface area contributed by atoms with Crippen molar-refractivity contribution in [1.29, 1.82) is 0 Å². The molecule has 1 unspecified atom stereocenters. The lowest BCUT2D eigenvalue weighted by Gasteiger charge is -2.05. The number of aromatic nitrogens is 1. The molecule has 124 valence electrons. The first-order chi connectivity index (χ1) is 11.0. The number of thioether (sulfide) groups is 1. The highest BCUT2D eigenvalue weighted by atomic mass is 32.2. The minimum absolute atomic E-state index is 0.0523. The van der Waals surface area contributed by atoms with E-state index in [2.05, 4.69) is 10.3 Å². The maximum atomic E-state index is 13.1. The predicted octanol–water partition coefficient (Wildman–Crippen LogP) is 2.64. The number of carbonyl (C=O) groups excluding carboxylic acids is 1. The van der Waals surface area contributed by atoms with Gasteiger partial charge in [-0.05, 0) is 36.1 Å². The number of nitrogens with zero attached hydrogens (tertiary/aromatic N) is 1. The fourth-order valence-electron chi connectivity index (χ4n) is 1.85. The van der Waals surface area contributed by atoms with E-state index in [0.29, 0.717) is 17.9 Å². The van der Waals surface area contributed by atoms with E-state index in [1.807, 2.05) is 6.26 Å². The highest BCUT2D eigenvalue weighted by Gasteiger charge is 2.16. The summed E-state index contributed by atoms with van der Waals surface area (Å²) in [5, 5.41) is 2.56. The summed E-state index contributed by atoms with van der Waals surface area (Å²) in [6.45, 7) is 0.0523. The van der Waals surface area contributed by atoms with Gasteiger partial charge in [0.2, 0.25) is 5.89 Å². The summed E-state index contributed by atoms with van der Waals surface area (Å²) in [7, 11) is 0. The van der Waals surface area contributed by atoms with Crippen LogP contribution in [0.5, 0.6) is 0 Å². The largest absolute Gasteiger partial charge is 0.446 e. The second kappa shape index (κ2) is 8.07. The molecule has 1 aromatic heterocycles. The van der Waals surface area contributed by atoms with E-state index in [9.17, 15) is 13.6 Å². The molecule has 0 bridgehead atoms. The molecule has 2 rings (SSSR count). The van der Waals surface area contributed by atoms with Gasteiger partial charge in [0.05, 0.1) is 6.04 Å². The van der Waals surface area contributed by atoms with Crippen molar-refractivity contribution in [2.24, 2.45) is 5.73 Å². The van der Waals surface area contributed by atoms with Gasteiger partial charge in [-0.2, -0.15) is 11.8 Å². The maximum absolute atomic E-state index is 13.1. The number of halogens is 2. The second-order valence-corrected chi connectivity index (χ2v) is 5.88. The number of nitrogens with one attached hydrogen (secondary N) is 1. The monoisotopic (exact) mass is 341 g/mol. The van der Waals surface area contributed by atoms with Crippen molar-refractivity contribution in [3.05, 3.63) is 53.2 Å². The fraction of sp³-hybridized carbons (Fsp3) is 0.333. The average molecular weight is 341 g/mol. The Morgan fingerprint density at radius 3 is 2.91 bits per heavy atom. The highest BCUT2D eigenvalue weighted by Crippen LogP contribution is 2.15. The average Bonchev–Trinajstić information content (AvgIpc) is 3.03. The van der Waals surface area contributed by atoms with Crippen molar-refractivity contribution in [3.63, 3.8) is 0 Å². The van der Waals surface area contributed by atoms with Crippen LogP contribution >= 0.6 is 11.8 Å². The molecule has 1 amide bonds. The van der Waals surface area contributed by atoms with Crippen molar-refractivity contribution < 1.29 is 18.0 Å². The third kappa shape index (κ3) is 4.77. The minimum Gasteiger partial charge on any atom is -0.446 e. The van der Waals surface area contributed by atoms with Crippen LogP contribution in [0.4, 0.5) is 8.78 Å². The zero-order valence-electron chi connectivity index (χ0n) is 12.5. The SMILES string of the molecule is CSCCC(N)c1nc(C(=O)NCc2ccc(F)c(F)c2)co1. The zero-order chi connectivity index (χ0) is 16.8. The molecule has 8 heteroatoms. The normalized spacial score (nSPS) is 12.2. The summed E-state index contributed by atoms with van der Waals surface area (Å²) in [5.41, 5.74) is 6.45. The number of benzene rings is 1. The van der Waals surface area contributed by atoms with Crippen molar-refractivity contribution in [3.8, 4) is 0 Å². The van der Waals surface area contributed by atoms with Gasteiger partial charge in [0, 0.05) is 6.54 Å². The van der Waals surface area contributed by atoms with Crippen molar-refractivity contribution in [1.82, 2.24) is 10.3 Å². The maximum Gasteiger partial charge on any atom is 0.273 e. The van der Waals surface area contributed by atoms with Gasteiger partial charge in [-0.15, -0.1) is 0 Å². The number of carbonyl (C=O) groups is 1. The van der Waals surface area contributed by atoms with Crippen LogP contribution in [0.1, 0.15) is 34.4 Å². The molecule has 0 spiro atoms. The van der Waals surface area contributed by atoms with Crippen LogP contribution in [0.2, 0.25) is 0 Å². The fourth-order valence-corrected chi connectivity index (χ4v) is 2.34. The first kappa shape index (κ1) is 17.4. The Morgan fingerprint density at radius 2 is 2.22 bits per heavy atom. The van der Waals surface area contributed by atoms with Crippen molar-refractivity contribution in [2.45, 2.75) is 19.0 Å². The predicted molar refractivity (Wildman–Crippen MR) is 84.0 cm³/mol. The third-order valence-electron chi connectivity index (χ3n) is 3.14. The Balaban J connectivity index is 1.93. The molecule has 1 aromatic carbocycles. The first-order valence-corrected chi connectivity index (χ1v) is 8.32. The van der Waals surface area contributed by atoms with Crippen molar-refractivity contribution in [2.75, 3.05) is 12.0 Å². The van der Waals surface area contributed by atoms with Gasteiger partial charge in [-0.1, -0.05) is 6.07 Å². The summed E-state index contributed by atoms with van der Waals surface area (Å²) in [6.07, 6.45) is 3.89. The van der Waals surface area contributed by atoms with Crippen LogP contribution in [0.3, 0.4) is 0 Å². The van der Waals surface area contributed by atoms with Crippen LogP contribution in [0.25, 0.3) is 0 Å². The topological polar surface area (TPSA) is 81.1 Å². The molecule has 0 aliphatic heterocycles. The number of amides is 1. The molecule has 23 heavy (non-hydrogen) atoms. The van der Waals surface area contributed by atoms with E-state index in [-0.39, 0.29) is 18.3 Å². The molecule has 0 saturated heterocycles. The Bertz CT molecular complexity index is 678. The van der Waals surface area contributed by atoms with Gasteiger partial charge in [-0.25, -0.2) is 13.8 Å². The molecule has 5 nitrogen and oxygen atoms in total. The second-order valence-electron chi connectivity index (χ2n) is 4.89. The molecule has 0 radical (unpaired) electrons. The lowest BCUT2D eigenvalue weighted by atomic mass is 10.2. The van der Waals surface area contributed by atoms with Crippen LogP contribution < -0.4 is 11.1 Å². The zero-order valence-corrected chi connectivity index (χ0v) is 13.3. The molecule has 0 fully saturated rings. The first-order valence-electron chi connectivity index (χ1n) is 6.93. The summed E-state index contributed by atoms with van der Waals surface area (Å²) < 4.78 is 31.1. The van der Waals surface area contributed by atoms with E-state index in [4.69, 9.17) is 10.2 Å². The highest BCUT2D eigenvalue weighted by molar-refractivity contribution is 7.98. The third-order valence-corrected chi connectivity index (χ3v) is 3.79. The molecule has 0 aliphatic rings. The number of nitrogens with two attached hydrogens (primary N) is 1. The summed E-state index contributed by atoms with van der Waals surface area (Å²) >= 11 is 1.66. The van der Waals surface area contributed by atoms with Gasteiger partial charge in [0.25, 0.3) is 5.91 Å². The molecule has 1 atom stereocenters. The van der Waals surface area contributed by atoms with E-state index in [0.717, 1.165) is 17.9 Å². The van der Waals surface area contributed by atoms with Crippen LogP contribution in [0.15, 0.2) is 28.9 Å². The lowest BCUT2D eigenvalue weighted by molar-refractivity contribution is 0.0946. The quantitative estimate of drug-likeness (QED) is 0.809. The molecular formula is C15H17F2N3O2S. The number of rotatable bonds is 7. The van der Waals surface area contributed by atoms with Gasteiger partial charge in [-0.3, -0.25) is 4.79 Å². The lowest BCUT2D eigenvalue weighted by Crippen LogP contribution is -2.23. The molecule has 3 N–H and O–H groups in total. The molecular weight excluding hydrogens is 324 g/mol. The van der Waals surface area contributed by atoms with Crippen molar-refractivity contribution >= 4 is 17.7 Å². The van der Waals surface area contributed by atoms with E-state index in [1.165, 1.54) is 12.3 Å². The Hall–Kier alpha value is -1.93. The number of oxazole rings is 1. The minimum atomic E-state index is -0.958.